The lowest BCUT2D eigenvalue weighted by atomic mass is 10.0. The summed E-state index contributed by atoms with van der Waals surface area (Å²) in [6, 6.07) is 17.5. The zero-order chi connectivity index (χ0) is 31.8. The molecule has 0 aliphatic heterocycles. The lowest BCUT2D eigenvalue weighted by Crippen LogP contribution is -2.53. The van der Waals surface area contributed by atoms with Crippen LogP contribution in [0, 0.1) is 6.92 Å². The first-order valence-corrected chi connectivity index (χ1v) is 15.9. The molecule has 0 saturated heterocycles. The lowest BCUT2D eigenvalue weighted by molar-refractivity contribution is -0.140. The van der Waals surface area contributed by atoms with Crippen molar-refractivity contribution in [3.05, 3.63) is 100 Å². The minimum absolute atomic E-state index is 0.0435. The molecule has 0 aliphatic carbocycles. The van der Waals surface area contributed by atoms with Crippen LogP contribution >= 0.6 is 11.6 Å². The predicted octanol–water partition coefficient (Wildman–Crippen LogP) is 5.99. The van der Waals surface area contributed by atoms with Gasteiger partial charge in [-0.15, -0.1) is 0 Å². The van der Waals surface area contributed by atoms with Gasteiger partial charge in [0.05, 0.1) is 22.5 Å². The van der Waals surface area contributed by atoms with Gasteiger partial charge in [-0.1, -0.05) is 79.5 Å². The number of hydrogen-bond acceptors (Lipinski definition) is 4. The van der Waals surface area contributed by atoms with Crippen LogP contribution in [-0.2, 0) is 38.8 Å². The van der Waals surface area contributed by atoms with Crippen LogP contribution in [0.15, 0.2) is 72.8 Å². The Morgan fingerprint density at radius 3 is 2.26 bits per heavy atom. The Hall–Kier alpha value is -3.57. The molecule has 3 aromatic rings. The maximum absolute atomic E-state index is 14.1. The van der Waals surface area contributed by atoms with Crippen molar-refractivity contribution in [1.82, 2.24) is 10.2 Å². The molecule has 0 heterocycles. The van der Waals surface area contributed by atoms with Gasteiger partial charge in [0.2, 0.25) is 21.8 Å². The van der Waals surface area contributed by atoms with Crippen LogP contribution in [-0.4, -0.2) is 50.5 Å². The van der Waals surface area contributed by atoms with Crippen LogP contribution in [0.2, 0.25) is 5.02 Å². The van der Waals surface area contributed by atoms with Crippen molar-refractivity contribution >= 4 is 39.1 Å². The monoisotopic (exact) mass is 637 g/mol. The number of aryl methyl sites for hydroxylation is 1. The average Bonchev–Trinajstić information content (AvgIpc) is 2.94. The fourth-order valence-corrected chi connectivity index (χ4v) is 5.63. The SMILES string of the molecule is CCCCNC(=O)[C@@H](Cc1ccccc1)N(Cc1ccccc1C)C(=O)CN(c1cc(C(F)(F)F)ccc1Cl)S(C)(=O)=O. The molecule has 3 aromatic carbocycles. The number of nitrogens with zero attached hydrogens (tertiary/aromatic N) is 2. The summed E-state index contributed by atoms with van der Waals surface area (Å²) in [5, 5.41) is 2.59. The first kappa shape index (κ1) is 33.9. The van der Waals surface area contributed by atoms with Crippen molar-refractivity contribution < 1.29 is 31.2 Å². The summed E-state index contributed by atoms with van der Waals surface area (Å²) in [5.41, 5.74) is 0.711. The molecule has 43 heavy (non-hydrogen) atoms. The Morgan fingerprint density at radius 2 is 1.65 bits per heavy atom. The first-order valence-electron chi connectivity index (χ1n) is 13.7. The molecule has 0 fully saturated rings. The van der Waals surface area contributed by atoms with Gasteiger partial charge in [-0.25, -0.2) is 8.42 Å². The minimum atomic E-state index is -4.78. The van der Waals surface area contributed by atoms with E-state index in [0.717, 1.165) is 41.5 Å². The van der Waals surface area contributed by atoms with Crippen LogP contribution in [0.1, 0.15) is 42.0 Å². The highest BCUT2D eigenvalue weighted by Crippen LogP contribution is 2.36. The number of amides is 2. The van der Waals surface area contributed by atoms with E-state index in [0.29, 0.717) is 23.3 Å². The van der Waals surface area contributed by atoms with Gasteiger partial charge in [0.15, 0.2) is 0 Å². The number of unbranched alkanes of at least 4 members (excludes halogenated alkanes) is 1. The highest BCUT2D eigenvalue weighted by atomic mass is 35.5. The van der Waals surface area contributed by atoms with E-state index < -0.39 is 51.9 Å². The maximum Gasteiger partial charge on any atom is 0.416 e. The summed E-state index contributed by atoms with van der Waals surface area (Å²) in [6.45, 7) is 3.27. The van der Waals surface area contributed by atoms with Crippen molar-refractivity contribution in [2.75, 3.05) is 23.7 Å². The molecule has 0 spiro atoms. The molecule has 0 bridgehead atoms. The predicted molar refractivity (Wildman–Crippen MR) is 162 cm³/mol. The second-order valence-corrected chi connectivity index (χ2v) is 12.5. The van der Waals surface area contributed by atoms with Crippen molar-refractivity contribution in [2.45, 2.75) is 51.9 Å². The average molecular weight is 638 g/mol. The van der Waals surface area contributed by atoms with Crippen molar-refractivity contribution in [1.29, 1.82) is 0 Å². The summed E-state index contributed by atoms with van der Waals surface area (Å²) in [7, 11) is -4.30. The molecule has 1 atom stereocenters. The summed E-state index contributed by atoms with van der Waals surface area (Å²) in [6.07, 6.45) is -2.33. The minimum Gasteiger partial charge on any atom is -0.354 e. The van der Waals surface area contributed by atoms with Gasteiger partial charge in [0.1, 0.15) is 12.6 Å². The quantitative estimate of drug-likeness (QED) is 0.233. The molecule has 0 saturated carbocycles. The van der Waals surface area contributed by atoms with Gasteiger partial charge in [0, 0.05) is 19.5 Å². The summed E-state index contributed by atoms with van der Waals surface area (Å²) >= 11 is 6.19. The molecule has 232 valence electrons. The van der Waals surface area contributed by atoms with E-state index >= 15 is 0 Å². The number of benzene rings is 3. The maximum atomic E-state index is 14.1. The first-order chi connectivity index (χ1) is 20.2. The third-order valence-corrected chi connectivity index (χ3v) is 8.37. The number of carbonyl (C=O) groups is 2. The zero-order valence-electron chi connectivity index (χ0n) is 24.2. The molecule has 3 rings (SSSR count). The molecule has 0 radical (unpaired) electrons. The zero-order valence-corrected chi connectivity index (χ0v) is 25.8. The van der Waals surface area contributed by atoms with E-state index in [1.54, 1.807) is 24.3 Å². The summed E-state index contributed by atoms with van der Waals surface area (Å²) in [5.74, 6) is -1.21. The second-order valence-electron chi connectivity index (χ2n) is 10.2. The van der Waals surface area contributed by atoms with E-state index in [1.165, 1.54) is 4.90 Å². The van der Waals surface area contributed by atoms with E-state index in [2.05, 4.69) is 5.32 Å². The van der Waals surface area contributed by atoms with Gasteiger partial charge in [-0.3, -0.25) is 13.9 Å². The normalized spacial score (nSPS) is 12.4. The van der Waals surface area contributed by atoms with Gasteiger partial charge in [-0.2, -0.15) is 13.2 Å². The van der Waals surface area contributed by atoms with Crippen molar-refractivity contribution in [3.63, 3.8) is 0 Å². The highest BCUT2D eigenvalue weighted by molar-refractivity contribution is 7.92. The Bertz CT molecular complexity index is 1520. The molecular formula is C31H35ClF3N3O4S. The van der Waals surface area contributed by atoms with Crippen LogP contribution < -0.4 is 9.62 Å². The number of sulfonamides is 1. The third-order valence-electron chi connectivity index (χ3n) is 6.92. The largest absolute Gasteiger partial charge is 0.416 e. The van der Waals surface area contributed by atoms with Crippen molar-refractivity contribution in [3.8, 4) is 0 Å². The molecule has 2 amide bonds. The molecule has 1 N–H and O–H groups in total. The number of halogens is 4. The molecular weight excluding hydrogens is 603 g/mol. The smallest absolute Gasteiger partial charge is 0.354 e. The van der Waals surface area contributed by atoms with Gasteiger partial charge in [-0.05, 0) is 48.2 Å². The topological polar surface area (TPSA) is 86.8 Å². The molecule has 7 nitrogen and oxygen atoms in total. The Balaban J connectivity index is 2.11. The van der Waals surface area contributed by atoms with E-state index in [-0.39, 0.29) is 18.0 Å². The van der Waals surface area contributed by atoms with Crippen LogP contribution in [0.25, 0.3) is 0 Å². The van der Waals surface area contributed by atoms with Crippen molar-refractivity contribution in [2.24, 2.45) is 0 Å². The molecule has 0 unspecified atom stereocenters. The Labute approximate surface area is 255 Å². The van der Waals surface area contributed by atoms with Crippen LogP contribution in [0.5, 0.6) is 0 Å². The van der Waals surface area contributed by atoms with E-state index in [9.17, 15) is 31.2 Å². The third kappa shape index (κ3) is 9.46. The fraction of sp³-hybridized carbons (Fsp3) is 0.355. The lowest BCUT2D eigenvalue weighted by Gasteiger charge is -2.34. The number of rotatable bonds is 13. The highest BCUT2D eigenvalue weighted by Gasteiger charge is 2.36. The standard InChI is InChI=1S/C31H35ClF3N3O4S/c1-4-5-17-36-30(40)28(18-23-12-7-6-8-13-23)37(20-24-14-10-9-11-22(24)2)29(39)21-38(43(3,41)42)27-19-25(31(33,34)35)15-16-26(27)32/h6-16,19,28H,4-5,17-18,20-21H2,1-3H3,(H,36,40)/t28-/m1/s1. The summed E-state index contributed by atoms with van der Waals surface area (Å²) < 4.78 is 67.0. The van der Waals surface area contributed by atoms with Crippen LogP contribution in [0.3, 0.4) is 0 Å². The van der Waals surface area contributed by atoms with Gasteiger partial charge < -0.3 is 10.2 Å². The van der Waals surface area contributed by atoms with Gasteiger partial charge in [0.25, 0.3) is 0 Å². The molecule has 12 heteroatoms. The second kappa shape index (κ2) is 14.7. The number of carbonyl (C=O) groups excluding carboxylic acids is 2. The fourth-order valence-electron chi connectivity index (χ4n) is 4.51. The van der Waals surface area contributed by atoms with Gasteiger partial charge >= 0.3 is 6.18 Å². The number of hydrogen-bond donors (Lipinski definition) is 1. The number of anilines is 1. The molecule has 0 aliphatic rings. The van der Waals surface area contributed by atoms with E-state index in [1.807, 2.05) is 44.2 Å². The Kier molecular flexibility index (Phi) is 11.6. The summed E-state index contributed by atoms with van der Waals surface area (Å²) in [4.78, 5) is 29.0. The van der Waals surface area contributed by atoms with E-state index in [4.69, 9.17) is 11.6 Å². The van der Waals surface area contributed by atoms with Crippen LogP contribution in [0.4, 0.5) is 18.9 Å². The number of alkyl halides is 3. The number of nitrogens with one attached hydrogen (secondary N) is 1. The Morgan fingerprint density at radius 1 is 1.00 bits per heavy atom. The molecule has 0 aromatic heterocycles.